The van der Waals surface area contributed by atoms with E-state index in [1.54, 1.807) is 41.3 Å². The van der Waals surface area contributed by atoms with Gasteiger partial charge in [0.25, 0.3) is 5.91 Å². The van der Waals surface area contributed by atoms with Gasteiger partial charge in [-0.05, 0) is 49.2 Å². The van der Waals surface area contributed by atoms with Crippen molar-refractivity contribution < 1.29 is 14.4 Å². The first kappa shape index (κ1) is 17.7. The summed E-state index contributed by atoms with van der Waals surface area (Å²) in [5.41, 5.74) is 1.93. The average Bonchev–Trinajstić information content (AvgIpc) is 2.67. The fraction of sp³-hybridized carbons (Fsp3) is 0.250. The van der Waals surface area contributed by atoms with E-state index in [1.165, 1.54) is 0 Å². The lowest BCUT2D eigenvalue weighted by atomic mass is 10.1. The molecule has 2 aromatic rings. The fourth-order valence-electron chi connectivity index (χ4n) is 2.86. The van der Waals surface area contributed by atoms with Crippen molar-refractivity contribution in [1.82, 2.24) is 5.32 Å². The van der Waals surface area contributed by atoms with Crippen LogP contribution < -0.4 is 15.5 Å². The molecule has 0 saturated carbocycles. The van der Waals surface area contributed by atoms with Gasteiger partial charge in [0.2, 0.25) is 11.8 Å². The molecular formula is C20H21N3O3. The number of amides is 3. The third-order valence-corrected chi connectivity index (χ3v) is 4.23. The van der Waals surface area contributed by atoms with E-state index in [9.17, 15) is 14.4 Å². The van der Waals surface area contributed by atoms with Crippen LogP contribution in [0.5, 0.6) is 0 Å². The lowest BCUT2D eigenvalue weighted by Gasteiger charge is -2.26. The summed E-state index contributed by atoms with van der Waals surface area (Å²) in [6, 6.07) is 15.9. The first-order valence-electron chi connectivity index (χ1n) is 8.67. The quantitative estimate of drug-likeness (QED) is 0.869. The Labute approximate surface area is 152 Å². The summed E-state index contributed by atoms with van der Waals surface area (Å²) in [7, 11) is 0. The molecular weight excluding hydrogens is 330 g/mol. The molecule has 0 radical (unpaired) electrons. The summed E-state index contributed by atoms with van der Waals surface area (Å²) in [5, 5.41) is 5.30. The van der Waals surface area contributed by atoms with E-state index in [2.05, 4.69) is 10.6 Å². The maximum atomic E-state index is 12.2. The van der Waals surface area contributed by atoms with Crippen LogP contribution in [0.4, 0.5) is 11.4 Å². The normalized spacial score (nSPS) is 14.0. The second-order valence-electron chi connectivity index (χ2n) is 6.15. The standard InChI is InChI=1S/C20H21N3O3/c24-18(22-16-6-2-1-3-7-16)14-21-20(26)15-9-11-17(12-10-15)23-13-5-4-8-19(23)25/h1-3,6-7,9-12H,4-5,8,13-14H2,(H,21,26)(H,22,24). The van der Waals surface area contributed by atoms with E-state index < -0.39 is 0 Å². The van der Waals surface area contributed by atoms with Crippen LogP contribution in [0.2, 0.25) is 0 Å². The molecule has 6 heteroatoms. The number of hydrogen-bond acceptors (Lipinski definition) is 3. The van der Waals surface area contributed by atoms with Crippen LogP contribution in [-0.4, -0.2) is 30.8 Å². The molecule has 0 unspecified atom stereocenters. The largest absolute Gasteiger partial charge is 0.343 e. The average molecular weight is 351 g/mol. The van der Waals surface area contributed by atoms with Gasteiger partial charge in [-0.25, -0.2) is 0 Å². The van der Waals surface area contributed by atoms with E-state index in [4.69, 9.17) is 0 Å². The minimum atomic E-state index is -0.329. The molecule has 1 fully saturated rings. The molecule has 0 atom stereocenters. The Morgan fingerprint density at radius 1 is 0.962 bits per heavy atom. The third-order valence-electron chi connectivity index (χ3n) is 4.23. The van der Waals surface area contributed by atoms with Gasteiger partial charge in [-0.1, -0.05) is 18.2 Å². The number of nitrogens with zero attached hydrogens (tertiary/aromatic N) is 1. The van der Waals surface area contributed by atoms with Crippen molar-refractivity contribution >= 4 is 29.1 Å². The summed E-state index contributed by atoms with van der Waals surface area (Å²) in [5.74, 6) is -0.504. The predicted molar refractivity (Wildman–Crippen MR) is 100 cm³/mol. The van der Waals surface area contributed by atoms with Crippen molar-refractivity contribution in [3.8, 4) is 0 Å². The van der Waals surface area contributed by atoms with Gasteiger partial charge in [0.05, 0.1) is 6.54 Å². The lowest BCUT2D eigenvalue weighted by Crippen LogP contribution is -2.35. The number of rotatable bonds is 5. The summed E-state index contributed by atoms with van der Waals surface area (Å²) in [6.07, 6.45) is 2.49. The molecule has 1 aliphatic heterocycles. The smallest absolute Gasteiger partial charge is 0.251 e. The van der Waals surface area contributed by atoms with Crippen molar-refractivity contribution in [3.63, 3.8) is 0 Å². The Bertz CT molecular complexity index is 788. The molecule has 0 aromatic heterocycles. The Kier molecular flexibility index (Phi) is 5.63. The Balaban J connectivity index is 1.53. The summed E-state index contributed by atoms with van der Waals surface area (Å²) in [6.45, 7) is 0.601. The molecule has 0 spiro atoms. The van der Waals surface area contributed by atoms with Gasteiger partial charge in [-0.2, -0.15) is 0 Å². The number of para-hydroxylation sites is 1. The molecule has 1 heterocycles. The highest BCUT2D eigenvalue weighted by molar-refractivity contribution is 6.00. The second kappa shape index (κ2) is 8.29. The molecule has 6 nitrogen and oxygen atoms in total. The summed E-state index contributed by atoms with van der Waals surface area (Å²) >= 11 is 0. The van der Waals surface area contributed by atoms with E-state index >= 15 is 0 Å². The zero-order valence-electron chi connectivity index (χ0n) is 14.4. The number of anilines is 2. The number of carbonyl (C=O) groups is 3. The van der Waals surface area contributed by atoms with E-state index in [1.807, 2.05) is 18.2 Å². The second-order valence-corrected chi connectivity index (χ2v) is 6.15. The van der Waals surface area contributed by atoms with Gasteiger partial charge in [0.15, 0.2) is 0 Å². The van der Waals surface area contributed by atoms with E-state index in [-0.39, 0.29) is 24.3 Å². The number of carbonyl (C=O) groups excluding carboxylic acids is 3. The Morgan fingerprint density at radius 3 is 2.38 bits per heavy atom. The molecule has 134 valence electrons. The number of piperidine rings is 1. The highest BCUT2D eigenvalue weighted by Crippen LogP contribution is 2.21. The van der Waals surface area contributed by atoms with Gasteiger partial charge in [0.1, 0.15) is 0 Å². The molecule has 2 aromatic carbocycles. The van der Waals surface area contributed by atoms with Crippen molar-refractivity contribution in [2.45, 2.75) is 19.3 Å². The monoisotopic (exact) mass is 351 g/mol. The molecule has 1 saturated heterocycles. The lowest BCUT2D eigenvalue weighted by molar-refractivity contribution is -0.119. The maximum absolute atomic E-state index is 12.2. The zero-order valence-corrected chi connectivity index (χ0v) is 14.4. The van der Waals surface area contributed by atoms with Crippen LogP contribution in [0.25, 0.3) is 0 Å². The number of benzene rings is 2. The summed E-state index contributed by atoms with van der Waals surface area (Å²) < 4.78 is 0. The Morgan fingerprint density at radius 2 is 1.69 bits per heavy atom. The number of hydrogen-bond donors (Lipinski definition) is 2. The van der Waals surface area contributed by atoms with E-state index in [0.717, 1.165) is 18.5 Å². The van der Waals surface area contributed by atoms with Gasteiger partial charge < -0.3 is 15.5 Å². The minimum absolute atomic E-state index is 0.111. The summed E-state index contributed by atoms with van der Waals surface area (Å²) in [4.78, 5) is 37.7. The van der Waals surface area contributed by atoms with Crippen LogP contribution in [0.1, 0.15) is 29.6 Å². The van der Waals surface area contributed by atoms with Crippen LogP contribution >= 0.6 is 0 Å². The highest BCUT2D eigenvalue weighted by Gasteiger charge is 2.19. The van der Waals surface area contributed by atoms with E-state index in [0.29, 0.717) is 24.2 Å². The van der Waals surface area contributed by atoms with Crippen LogP contribution in [-0.2, 0) is 9.59 Å². The minimum Gasteiger partial charge on any atom is -0.343 e. The molecule has 0 aliphatic carbocycles. The molecule has 26 heavy (non-hydrogen) atoms. The first-order valence-corrected chi connectivity index (χ1v) is 8.67. The molecule has 2 N–H and O–H groups in total. The zero-order chi connectivity index (χ0) is 18.4. The Hall–Kier alpha value is -3.15. The third kappa shape index (κ3) is 4.47. The SMILES string of the molecule is O=C(CNC(=O)c1ccc(N2CCCCC2=O)cc1)Nc1ccccc1. The predicted octanol–water partition coefficient (Wildman–Crippen LogP) is 2.57. The highest BCUT2D eigenvalue weighted by atomic mass is 16.2. The van der Waals surface area contributed by atoms with Crippen molar-refractivity contribution in [2.24, 2.45) is 0 Å². The molecule has 3 amide bonds. The maximum Gasteiger partial charge on any atom is 0.251 e. The molecule has 0 bridgehead atoms. The fourth-order valence-corrected chi connectivity index (χ4v) is 2.86. The topological polar surface area (TPSA) is 78.5 Å². The van der Waals surface area contributed by atoms with Gasteiger partial charge in [-0.3, -0.25) is 14.4 Å². The van der Waals surface area contributed by atoms with Crippen molar-refractivity contribution in [1.29, 1.82) is 0 Å². The van der Waals surface area contributed by atoms with Crippen LogP contribution in [0.15, 0.2) is 54.6 Å². The van der Waals surface area contributed by atoms with Crippen molar-refractivity contribution in [3.05, 3.63) is 60.2 Å². The van der Waals surface area contributed by atoms with Gasteiger partial charge >= 0.3 is 0 Å². The van der Waals surface area contributed by atoms with Crippen LogP contribution in [0, 0.1) is 0 Å². The van der Waals surface area contributed by atoms with Crippen LogP contribution in [0.3, 0.4) is 0 Å². The number of nitrogens with one attached hydrogen (secondary N) is 2. The van der Waals surface area contributed by atoms with Gasteiger partial charge in [0, 0.05) is 29.9 Å². The molecule has 3 rings (SSSR count). The first-order chi connectivity index (χ1) is 12.6. The van der Waals surface area contributed by atoms with Crippen molar-refractivity contribution in [2.75, 3.05) is 23.3 Å². The molecule has 1 aliphatic rings. The van der Waals surface area contributed by atoms with Gasteiger partial charge in [-0.15, -0.1) is 0 Å².